The smallest absolute Gasteiger partial charge is 0.156 e. The van der Waals surface area contributed by atoms with Crippen molar-refractivity contribution in [1.82, 2.24) is 5.32 Å². The topological polar surface area (TPSA) is 24.4 Å². The molecule has 1 N–H and O–H groups in total. The summed E-state index contributed by atoms with van der Waals surface area (Å²) in [7, 11) is 1.74. The number of halogens is 1. The van der Waals surface area contributed by atoms with Gasteiger partial charge in [0.05, 0.1) is 0 Å². The Morgan fingerprint density at radius 3 is 2.57 bits per heavy atom. The van der Waals surface area contributed by atoms with Gasteiger partial charge >= 0.3 is 0 Å². The first-order valence-electron chi connectivity index (χ1n) is 4.25. The molecule has 0 saturated carbocycles. The molecule has 0 aliphatic carbocycles. The Morgan fingerprint density at radius 1 is 1.43 bits per heavy atom. The number of benzene rings is 1. The van der Waals surface area contributed by atoms with Gasteiger partial charge in [-0.1, -0.05) is 23.9 Å². The largest absolute Gasteiger partial charge is 0.361 e. The van der Waals surface area contributed by atoms with Gasteiger partial charge in [0, 0.05) is 13.6 Å². The van der Waals surface area contributed by atoms with Gasteiger partial charge in [0.15, 0.2) is 5.17 Å². The molecule has 0 saturated heterocycles. The lowest BCUT2D eigenvalue weighted by Crippen LogP contribution is -2.19. The molecule has 0 spiro atoms. The fourth-order valence-electron chi connectivity index (χ4n) is 1.02. The van der Waals surface area contributed by atoms with E-state index in [1.807, 2.05) is 6.26 Å². The van der Waals surface area contributed by atoms with Crippen molar-refractivity contribution in [2.75, 3.05) is 13.3 Å². The molecule has 1 aromatic rings. The molecule has 0 atom stereocenters. The van der Waals surface area contributed by atoms with Crippen molar-refractivity contribution in [2.24, 2.45) is 4.99 Å². The van der Waals surface area contributed by atoms with Crippen LogP contribution in [0.1, 0.15) is 5.56 Å². The van der Waals surface area contributed by atoms with E-state index in [1.165, 1.54) is 12.1 Å². The quantitative estimate of drug-likeness (QED) is 0.600. The summed E-state index contributed by atoms with van der Waals surface area (Å²) in [5.74, 6) is -0.206. The fourth-order valence-corrected chi connectivity index (χ4v) is 1.42. The van der Waals surface area contributed by atoms with Gasteiger partial charge in [0.25, 0.3) is 0 Å². The van der Waals surface area contributed by atoms with Crippen LogP contribution in [0.15, 0.2) is 29.3 Å². The van der Waals surface area contributed by atoms with Crippen LogP contribution >= 0.6 is 11.8 Å². The number of hydrogen-bond acceptors (Lipinski definition) is 2. The summed E-state index contributed by atoms with van der Waals surface area (Å²) >= 11 is 1.56. The number of rotatable bonds is 2. The van der Waals surface area contributed by atoms with Crippen molar-refractivity contribution in [1.29, 1.82) is 0 Å². The molecule has 0 heterocycles. The van der Waals surface area contributed by atoms with Crippen molar-refractivity contribution in [3.63, 3.8) is 0 Å². The minimum absolute atomic E-state index is 0.206. The van der Waals surface area contributed by atoms with Crippen LogP contribution in [-0.4, -0.2) is 18.5 Å². The lowest BCUT2D eigenvalue weighted by atomic mass is 10.2. The summed E-state index contributed by atoms with van der Waals surface area (Å²) in [6.45, 7) is 0.674. The number of hydrogen-bond donors (Lipinski definition) is 1. The maximum Gasteiger partial charge on any atom is 0.156 e. The zero-order valence-corrected chi connectivity index (χ0v) is 9.07. The number of thioether (sulfide) groups is 1. The zero-order chi connectivity index (χ0) is 10.4. The highest BCUT2D eigenvalue weighted by molar-refractivity contribution is 8.13. The summed E-state index contributed by atoms with van der Waals surface area (Å²) in [5, 5.41) is 4.03. The van der Waals surface area contributed by atoms with Gasteiger partial charge in [0.2, 0.25) is 0 Å². The van der Waals surface area contributed by atoms with E-state index in [-0.39, 0.29) is 5.82 Å². The molecule has 0 amide bonds. The van der Waals surface area contributed by atoms with Gasteiger partial charge < -0.3 is 5.32 Å². The van der Waals surface area contributed by atoms with Gasteiger partial charge in [-0.2, -0.15) is 0 Å². The van der Waals surface area contributed by atoms with E-state index in [2.05, 4.69) is 10.3 Å². The van der Waals surface area contributed by atoms with Gasteiger partial charge in [-0.25, -0.2) is 4.39 Å². The maximum atomic E-state index is 12.6. The second-order valence-corrected chi connectivity index (χ2v) is 3.51. The third kappa shape index (κ3) is 3.38. The highest BCUT2D eigenvalue weighted by Gasteiger charge is 1.96. The highest BCUT2D eigenvalue weighted by atomic mass is 32.2. The normalized spacial score (nSPS) is 11.5. The standard InChI is InChI=1S/C10H13FN2S/c1-12-10(14-2)13-7-8-3-5-9(11)6-4-8/h3-6H,7H2,1-2H3,(H,12,13). The fraction of sp³-hybridized carbons (Fsp3) is 0.300. The predicted molar refractivity (Wildman–Crippen MR) is 60.1 cm³/mol. The Balaban J connectivity index is 2.49. The van der Waals surface area contributed by atoms with Crippen molar-refractivity contribution in [3.8, 4) is 0 Å². The summed E-state index contributed by atoms with van der Waals surface area (Å²) in [5.41, 5.74) is 1.04. The van der Waals surface area contributed by atoms with Crippen LogP contribution in [0.2, 0.25) is 0 Å². The number of aliphatic imine (C=N–C) groups is 1. The van der Waals surface area contributed by atoms with Crippen LogP contribution in [0.5, 0.6) is 0 Å². The molecule has 1 aromatic carbocycles. The Labute approximate surface area is 87.6 Å². The second kappa shape index (κ2) is 5.65. The maximum absolute atomic E-state index is 12.6. The Morgan fingerprint density at radius 2 is 2.07 bits per heavy atom. The first-order chi connectivity index (χ1) is 6.76. The monoisotopic (exact) mass is 212 g/mol. The van der Waals surface area contributed by atoms with E-state index in [0.717, 1.165) is 10.7 Å². The Bertz CT molecular complexity index is 308. The molecule has 0 unspecified atom stereocenters. The molecule has 14 heavy (non-hydrogen) atoms. The number of amidine groups is 1. The Kier molecular flexibility index (Phi) is 4.46. The van der Waals surface area contributed by atoms with Crippen LogP contribution in [0.4, 0.5) is 4.39 Å². The number of nitrogens with one attached hydrogen (secondary N) is 1. The van der Waals surface area contributed by atoms with Crippen LogP contribution in [0.3, 0.4) is 0 Å². The third-order valence-electron chi connectivity index (χ3n) is 1.75. The second-order valence-electron chi connectivity index (χ2n) is 2.71. The lowest BCUT2D eigenvalue weighted by molar-refractivity contribution is 0.627. The molecule has 2 nitrogen and oxygen atoms in total. The van der Waals surface area contributed by atoms with Gasteiger partial charge in [-0.15, -0.1) is 0 Å². The zero-order valence-electron chi connectivity index (χ0n) is 8.25. The van der Waals surface area contributed by atoms with Crippen molar-refractivity contribution in [3.05, 3.63) is 35.6 Å². The van der Waals surface area contributed by atoms with Crippen molar-refractivity contribution < 1.29 is 4.39 Å². The average molecular weight is 212 g/mol. The lowest BCUT2D eigenvalue weighted by Gasteiger charge is -2.06. The first kappa shape index (κ1) is 11.0. The summed E-state index contributed by atoms with van der Waals surface area (Å²) in [6, 6.07) is 6.43. The van der Waals surface area contributed by atoms with Crippen molar-refractivity contribution >= 4 is 16.9 Å². The molecular formula is C10H13FN2S. The molecule has 0 fully saturated rings. The van der Waals surface area contributed by atoms with Crippen LogP contribution in [-0.2, 0) is 6.54 Å². The highest BCUT2D eigenvalue weighted by Crippen LogP contribution is 2.03. The molecular weight excluding hydrogens is 199 g/mol. The molecule has 0 aliphatic rings. The summed E-state index contributed by atoms with van der Waals surface area (Å²) in [4.78, 5) is 4.03. The third-order valence-corrected chi connectivity index (χ3v) is 2.47. The van der Waals surface area contributed by atoms with Gasteiger partial charge in [-0.05, 0) is 24.0 Å². The number of nitrogens with zero attached hydrogens (tertiary/aromatic N) is 1. The minimum atomic E-state index is -0.206. The van der Waals surface area contributed by atoms with Gasteiger partial charge in [0.1, 0.15) is 5.82 Å². The SMILES string of the molecule is CN=C(NCc1ccc(F)cc1)SC. The van der Waals surface area contributed by atoms with E-state index in [0.29, 0.717) is 6.54 Å². The summed E-state index contributed by atoms with van der Waals surface area (Å²) in [6.07, 6.45) is 1.96. The van der Waals surface area contributed by atoms with E-state index >= 15 is 0 Å². The van der Waals surface area contributed by atoms with Gasteiger partial charge in [-0.3, -0.25) is 4.99 Å². The van der Waals surface area contributed by atoms with Crippen LogP contribution in [0.25, 0.3) is 0 Å². The van der Waals surface area contributed by atoms with Crippen LogP contribution in [0, 0.1) is 5.82 Å². The minimum Gasteiger partial charge on any atom is -0.361 e. The van der Waals surface area contributed by atoms with E-state index in [1.54, 1.807) is 30.9 Å². The molecule has 0 bridgehead atoms. The summed E-state index contributed by atoms with van der Waals surface area (Å²) < 4.78 is 12.6. The van der Waals surface area contributed by atoms with Crippen molar-refractivity contribution in [2.45, 2.75) is 6.54 Å². The van der Waals surface area contributed by atoms with E-state index in [9.17, 15) is 4.39 Å². The van der Waals surface area contributed by atoms with E-state index < -0.39 is 0 Å². The molecule has 1 rings (SSSR count). The molecule has 0 radical (unpaired) electrons. The average Bonchev–Trinajstić information content (AvgIpc) is 2.22. The Hall–Kier alpha value is -1.03. The molecule has 0 aromatic heterocycles. The molecule has 4 heteroatoms. The first-order valence-corrected chi connectivity index (χ1v) is 5.48. The molecule has 76 valence electrons. The van der Waals surface area contributed by atoms with E-state index in [4.69, 9.17) is 0 Å². The predicted octanol–water partition coefficient (Wildman–Crippen LogP) is 2.26. The van der Waals surface area contributed by atoms with Crippen LogP contribution < -0.4 is 5.32 Å². The molecule has 0 aliphatic heterocycles.